The Morgan fingerprint density at radius 2 is 2.07 bits per heavy atom. The Kier molecular flexibility index (Phi) is 7.08. The molecule has 0 saturated heterocycles. The number of nitrogens with zero attached hydrogens (tertiary/aromatic N) is 1. The summed E-state index contributed by atoms with van der Waals surface area (Å²) in [4.78, 5) is 27.4. The Bertz CT molecular complexity index is 925. The Morgan fingerprint density at radius 3 is 2.66 bits per heavy atom. The van der Waals surface area contributed by atoms with E-state index in [0.29, 0.717) is 0 Å². The maximum Gasteiger partial charge on any atom is 0.503 e. The predicted octanol–water partition coefficient (Wildman–Crippen LogP) is 5.97. The zero-order valence-electron chi connectivity index (χ0n) is 16.7. The number of hydrogen-bond donors (Lipinski definition) is 3. The van der Waals surface area contributed by atoms with Gasteiger partial charge in [0.15, 0.2) is 0 Å². The number of carbonyl (C=O) groups excluding carboxylic acids is 1. The lowest BCUT2D eigenvalue weighted by atomic mass is 9.86. The molecule has 6 nitrogen and oxygen atoms in total. The maximum atomic E-state index is 12.6. The van der Waals surface area contributed by atoms with Gasteiger partial charge in [0.1, 0.15) is 10.0 Å². The highest BCUT2D eigenvalue weighted by atomic mass is 32.1. The monoisotopic (exact) mass is 434 g/mol. The molecule has 2 aliphatic rings. The Labute approximate surface area is 178 Å². The molecule has 2 aromatic rings. The first-order chi connectivity index (χ1) is 13.9. The normalized spacial score (nSPS) is 17.7. The summed E-state index contributed by atoms with van der Waals surface area (Å²) in [6.07, 6.45) is 8.02. The van der Waals surface area contributed by atoms with Gasteiger partial charge in [-0.15, -0.1) is 22.7 Å². The van der Waals surface area contributed by atoms with Crippen LogP contribution in [-0.4, -0.2) is 27.3 Å². The first-order valence-corrected chi connectivity index (χ1v) is 11.6. The zero-order chi connectivity index (χ0) is 21.0. The summed E-state index contributed by atoms with van der Waals surface area (Å²) in [6, 6.07) is 0. The average molecular weight is 435 g/mol. The number of carbonyl (C=O) groups is 2. The molecule has 3 N–H and O–H groups in total. The lowest BCUT2D eigenvalue weighted by Gasteiger charge is -2.21. The van der Waals surface area contributed by atoms with Crippen LogP contribution in [0, 0.1) is 12.8 Å². The molecule has 4 rings (SSSR count). The van der Waals surface area contributed by atoms with E-state index in [0.717, 1.165) is 59.3 Å². The van der Waals surface area contributed by atoms with Gasteiger partial charge in [0.2, 0.25) is 0 Å². The van der Waals surface area contributed by atoms with Crippen molar-refractivity contribution >= 4 is 39.7 Å². The van der Waals surface area contributed by atoms with E-state index >= 15 is 0 Å². The number of nitrogens with one attached hydrogen (secondary N) is 1. The van der Waals surface area contributed by atoms with Crippen LogP contribution in [0.2, 0.25) is 0 Å². The first kappa shape index (κ1) is 21.5. The molecule has 156 valence electrons. The molecule has 29 heavy (non-hydrogen) atoms. The second-order valence-electron chi connectivity index (χ2n) is 7.38. The molecule has 0 aliphatic heterocycles. The van der Waals surface area contributed by atoms with E-state index in [2.05, 4.69) is 23.7 Å². The molecule has 2 heterocycles. The van der Waals surface area contributed by atoms with Gasteiger partial charge in [-0.05, 0) is 56.9 Å². The van der Waals surface area contributed by atoms with Crippen molar-refractivity contribution in [3.05, 3.63) is 33.2 Å². The van der Waals surface area contributed by atoms with Gasteiger partial charge in [-0.2, -0.15) is 0 Å². The third-order valence-electron chi connectivity index (χ3n) is 5.34. The summed E-state index contributed by atoms with van der Waals surface area (Å²) in [5, 5.41) is 21.3. The molecule has 1 amide bonds. The fraction of sp³-hybridized carbons (Fsp3) is 0.476. The van der Waals surface area contributed by atoms with Crippen LogP contribution >= 0.6 is 22.7 Å². The number of allylic oxidation sites excluding steroid dienone is 1. The summed E-state index contributed by atoms with van der Waals surface area (Å²) in [7, 11) is 0. The minimum Gasteiger partial charge on any atom is -0.450 e. The fourth-order valence-electron chi connectivity index (χ4n) is 3.85. The fourth-order valence-corrected chi connectivity index (χ4v) is 6.14. The van der Waals surface area contributed by atoms with E-state index in [1.54, 1.807) is 22.7 Å². The quantitative estimate of drug-likeness (QED) is 0.551. The summed E-state index contributed by atoms with van der Waals surface area (Å²) in [6.45, 7) is 4.32. The van der Waals surface area contributed by atoms with Crippen molar-refractivity contribution in [1.82, 2.24) is 4.98 Å². The van der Waals surface area contributed by atoms with E-state index in [1.165, 1.54) is 28.8 Å². The summed E-state index contributed by atoms with van der Waals surface area (Å²) in [5.41, 5.74) is 4.62. The maximum absolute atomic E-state index is 12.6. The van der Waals surface area contributed by atoms with Gasteiger partial charge in [0, 0.05) is 27.1 Å². The largest absolute Gasteiger partial charge is 0.503 e. The van der Waals surface area contributed by atoms with Gasteiger partial charge in [0.05, 0.1) is 0 Å². The van der Waals surface area contributed by atoms with Gasteiger partial charge in [-0.25, -0.2) is 9.78 Å². The summed E-state index contributed by atoms with van der Waals surface area (Å²) >= 11 is 3.47. The third-order valence-corrected chi connectivity index (χ3v) is 7.48. The molecule has 0 radical (unpaired) electrons. The van der Waals surface area contributed by atoms with E-state index < -0.39 is 6.16 Å². The average Bonchev–Trinajstić information content (AvgIpc) is 3.39. The van der Waals surface area contributed by atoms with Crippen LogP contribution in [-0.2, 0) is 17.6 Å². The predicted molar refractivity (Wildman–Crippen MR) is 117 cm³/mol. The lowest BCUT2D eigenvalue weighted by Crippen LogP contribution is -2.13. The molecular formula is C21H26N2O4S2. The molecule has 8 heteroatoms. The number of hydrogen-bond acceptors (Lipinski definition) is 5. The highest BCUT2D eigenvalue weighted by Crippen LogP contribution is 2.46. The zero-order valence-corrected chi connectivity index (χ0v) is 18.3. The molecule has 0 saturated carbocycles. The summed E-state index contributed by atoms with van der Waals surface area (Å²) < 4.78 is 0. The molecule has 0 spiro atoms. The molecule has 1 atom stereocenters. The van der Waals surface area contributed by atoms with Gasteiger partial charge < -0.3 is 15.5 Å². The number of thiazole rings is 1. The van der Waals surface area contributed by atoms with Crippen molar-refractivity contribution in [2.24, 2.45) is 5.92 Å². The van der Waals surface area contributed by atoms with Gasteiger partial charge in [0.25, 0.3) is 5.91 Å². The molecular weight excluding hydrogens is 408 g/mol. The third kappa shape index (κ3) is 5.25. The van der Waals surface area contributed by atoms with Gasteiger partial charge in [-0.3, -0.25) is 4.79 Å². The molecule has 2 aliphatic carbocycles. The first-order valence-electron chi connectivity index (χ1n) is 9.88. The van der Waals surface area contributed by atoms with Gasteiger partial charge in [-0.1, -0.05) is 19.4 Å². The molecule has 1 unspecified atom stereocenters. The van der Waals surface area contributed by atoms with Crippen molar-refractivity contribution in [3.8, 4) is 10.6 Å². The number of aromatic nitrogens is 1. The molecule has 0 fully saturated rings. The number of anilines is 1. The van der Waals surface area contributed by atoms with Crippen molar-refractivity contribution in [2.75, 3.05) is 5.32 Å². The molecule has 0 bridgehead atoms. The minimum atomic E-state index is -1.83. The Hall–Kier alpha value is -2.19. The van der Waals surface area contributed by atoms with Crippen molar-refractivity contribution in [2.45, 2.75) is 58.8 Å². The van der Waals surface area contributed by atoms with Gasteiger partial charge >= 0.3 is 6.16 Å². The molecule has 2 aromatic heterocycles. The number of carboxylic acid groups (broad SMARTS) is 2. The van der Waals surface area contributed by atoms with Crippen LogP contribution in [0.15, 0.2) is 17.0 Å². The molecule has 0 aromatic carbocycles. The van der Waals surface area contributed by atoms with Crippen LogP contribution in [0.3, 0.4) is 0 Å². The standard InChI is InChI=1S/C20H24N2OS2.CH2O3/c1-3-13-8-9-15-16(10-13)25-20(17(15)19-21-12(2)11-24-19)22-18(23)14-6-4-5-7-14;2-1(3)4/h6,11,13H,3-5,7-10H2,1-2H3,(H,22,23);(H2,2,3,4). The second kappa shape index (κ2) is 9.54. The number of thiophene rings is 1. The second-order valence-corrected chi connectivity index (χ2v) is 9.34. The minimum absolute atomic E-state index is 0.0812. The highest BCUT2D eigenvalue weighted by Gasteiger charge is 2.28. The van der Waals surface area contributed by atoms with E-state index in [4.69, 9.17) is 20.0 Å². The van der Waals surface area contributed by atoms with Crippen molar-refractivity contribution in [3.63, 3.8) is 0 Å². The number of rotatable bonds is 4. The highest BCUT2D eigenvalue weighted by molar-refractivity contribution is 7.18. The SMILES string of the molecule is CCC1CCc2c(sc(NC(=O)C3=CCCC3)c2-c2nc(C)cs2)C1.O=C(O)O. The van der Waals surface area contributed by atoms with Crippen LogP contribution in [0.25, 0.3) is 10.6 Å². The Morgan fingerprint density at radius 1 is 1.31 bits per heavy atom. The number of fused-ring (bicyclic) bond motifs is 1. The number of aryl methyl sites for hydroxylation is 1. The lowest BCUT2D eigenvalue weighted by molar-refractivity contribution is -0.112. The smallest absolute Gasteiger partial charge is 0.450 e. The summed E-state index contributed by atoms with van der Waals surface area (Å²) in [5.74, 6) is 0.857. The Balaban J connectivity index is 0.000000552. The van der Waals surface area contributed by atoms with Crippen LogP contribution in [0.1, 0.15) is 55.2 Å². The van der Waals surface area contributed by atoms with Crippen molar-refractivity contribution in [1.29, 1.82) is 0 Å². The van der Waals surface area contributed by atoms with Crippen LogP contribution in [0.4, 0.5) is 9.80 Å². The van der Waals surface area contributed by atoms with E-state index in [-0.39, 0.29) is 5.91 Å². The van der Waals surface area contributed by atoms with E-state index in [1.807, 2.05) is 6.92 Å². The van der Waals surface area contributed by atoms with Crippen molar-refractivity contribution < 1.29 is 19.8 Å². The van der Waals surface area contributed by atoms with E-state index in [9.17, 15) is 4.79 Å². The number of amides is 1. The van der Waals surface area contributed by atoms with Crippen LogP contribution < -0.4 is 5.32 Å². The topological polar surface area (TPSA) is 99.5 Å². The van der Waals surface area contributed by atoms with Crippen LogP contribution in [0.5, 0.6) is 0 Å².